The van der Waals surface area contributed by atoms with Crippen LogP contribution in [0.1, 0.15) is 21.7 Å². The highest BCUT2D eigenvalue weighted by molar-refractivity contribution is 7.19. The van der Waals surface area contributed by atoms with E-state index in [9.17, 15) is 4.79 Å². The third-order valence-corrected chi connectivity index (χ3v) is 6.84. The molecule has 0 fully saturated rings. The molecule has 4 heterocycles. The number of nitrogens with one attached hydrogen (secondary N) is 1. The van der Waals surface area contributed by atoms with Gasteiger partial charge in [-0.2, -0.15) is 0 Å². The van der Waals surface area contributed by atoms with E-state index in [1.807, 2.05) is 35.7 Å². The van der Waals surface area contributed by atoms with Gasteiger partial charge in [-0.25, -0.2) is 0 Å². The van der Waals surface area contributed by atoms with Crippen molar-refractivity contribution < 1.29 is 0 Å². The first-order chi connectivity index (χ1) is 14.2. The van der Waals surface area contributed by atoms with Crippen molar-refractivity contribution in [3.8, 4) is 5.69 Å². The number of pyridine rings is 2. The van der Waals surface area contributed by atoms with Crippen LogP contribution >= 0.6 is 22.9 Å². The third kappa shape index (κ3) is 3.73. The van der Waals surface area contributed by atoms with Gasteiger partial charge in [-0.15, -0.1) is 11.3 Å². The summed E-state index contributed by atoms with van der Waals surface area (Å²) in [6.45, 7) is 1.98. The second kappa shape index (κ2) is 7.75. The van der Waals surface area contributed by atoms with Crippen LogP contribution in [0, 0.1) is 0 Å². The number of aromatic nitrogens is 2. The van der Waals surface area contributed by atoms with Crippen molar-refractivity contribution >= 4 is 33.0 Å². The normalized spacial score (nSPS) is 13.6. The highest BCUT2D eigenvalue weighted by Gasteiger charge is 2.16. The van der Waals surface area contributed by atoms with Crippen LogP contribution in [0.2, 0.25) is 5.02 Å². The molecule has 1 aliphatic rings. The summed E-state index contributed by atoms with van der Waals surface area (Å²) in [7, 11) is 0. The summed E-state index contributed by atoms with van der Waals surface area (Å²) in [5.74, 6) is 0. The summed E-state index contributed by atoms with van der Waals surface area (Å²) in [5.41, 5.74) is 4.37. The van der Waals surface area contributed by atoms with Gasteiger partial charge >= 0.3 is 0 Å². The van der Waals surface area contributed by atoms with Crippen LogP contribution in [0.25, 0.3) is 15.8 Å². The van der Waals surface area contributed by atoms with Crippen molar-refractivity contribution in [3.05, 3.63) is 91.9 Å². The molecule has 29 heavy (non-hydrogen) atoms. The zero-order valence-corrected chi connectivity index (χ0v) is 17.4. The van der Waals surface area contributed by atoms with Gasteiger partial charge < -0.3 is 5.32 Å². The lowest BCUT2D eigenvalue weighted by Crippen LogP contribution is -2.21. The minimum Gasteiger partial charge on any atom is -0.312 e. The van der Waals surface area contributed by atoms with Gasteiger partial charge in [-0.3, -0.25) is 14.3 Å². The average Bonchev–Trinajstić information content (AvgIpc) is 3.11. The van der Waals surface area contributed by atoms with Crippen molar-refractivity contribution in [3.63, 3.8) is 0 Å². The summed E-state index contributed by atoms with van der Waals surface area (Å²) in [4.78, 5) is 18.5. The average molecular weight is 422 g/mol. The van der Waals surface area contributed by atoms with E-state index in [1.54, 1.807) is 16.8 Å². The summed E-state index contributed by atoms with van der Waals surface area (Å²) in [6.07, 6.45) is 6.16. The number of thiophene rings is 1. The second-order valence-electron chi connectivity index (χ2n) is 7.32. The molecule has 0 radical (unpaired) electrons. The molecule has 3 aromatic heterocycles. The van der Waals surface area contributed by atoms with Crippen molar-refractivity contribution in [2.24, 2.45) is 0 Å². The Balaban J connectivity index is 1.39. The first-order valence-electron chi connectivity index (χ1n) is 9.75. The van der Waals surface area contributed by atoms with Crippen molar-refractivity contribution in [2.75, 3.05) is 6.54 Å². The molecule has 1 aliphatic heterocycles. The maximum Gasteiger partial charge on any atom is 0.255 e. The molecular weight excluding hydrogens is 402 g/mol. The van der Waals surface area contributed by atoms with Gasteiger partial charge in [0.15, 0.2) is 0 Å². The number of nitrogens with zero attached hydrogens (tertiary/aromatic N) is 2. The van der Waals surface area contributed by atoms with Crippen LogP contribution in [0.3, 0.4) is 0 Å². The topological polar surface area (TPSA) is 46.9 Å². The standard InChI is InChI=1S/C23H20ClN3OS/c24-16-2-4-17(26-13-16)3-1-15-8-10-27(23(28)11-15)18-5-6-19-20-7-9-25-14-22(20)29-21(19)12-18/h2,4-6,8,10-13,25H,1,3,7,9,14H2. The molecule has 1 aromatic carbocycles. The molecule has 1 N–H and O–H groups in total. The van der Waals surface area contributed by atoms with Crippen LogP contribution < -0.4 is 10.9 Å². The van der Waals surface area contributed by atoms with Gasteiger partial charge in [0, 0.05) is 40.3 Å². The quantitative estimate of drug-likeness (QED) is 0.526. The molecule has 0 atom stereocenters. The van der Waals surface area contributed by atoms with E-state index < -0.39 is 0 Å². The van der Waals surface area contributed by atoms with Crippen LogP contribution in [0.15, 0.2) is 59.7 Å². The van der Waals surface area contributed by atoms with Crippen LogP contribution in [-0.2, 0) is 25.8 Å². The van der Waals surface area contributed by atoms with Crippen LogP contribution in [-0.4, -0.2) is 16.1 Å². The van der Waals surface area contributed by atoms with E-state index >= 15 is 0 Å². The maximum absolute atomic E-state index is 12.8. The number of aryl methyl sites for hydroxylation is 2. The Morgan fingerprint density at radius 3 is 2.90 bits per heavy atom. The number of benzene rings is 1. The molecular formula is C23H20ClN3OS. The molecule has 5 rings (SSSR count). The fraction of sp³-hybridized carbons (Fsp3) is 0.217. The van der Waals surface area contributed by atoms with E-state index in [-0.39, 0.29) is 5.56 Å². The number of hydrogen-bond donors (Lipinski definition) is 1. The molecule has 0 saturated carbocycles. The zero-order chi connectivity index (χ0) is 19.8. The number of halogens is 1. The highest BCUT2D eigenvalue weighted by atomic mass is 35.5. The van der Waals surface area contributed by atoms with E-state index in [4.69, 9.17) is 11.6 Å². The SMILES string of the molecule is O=c1cc(CCc2ccc(Cl)cn2)ccn1-c1ccc2c3c(sc2c1)CNCC3. The largest absolute Gasteiger partial charge is 0.312 e. The molecule has 0 spiro atoms. The summed E-state index contributed by atoms with van der Waals surface area (Å²) in [5, 5.41) is 5.40. The van der Waals surface area contributed by atoms with Crippen LogP contribution in [0.4, 0.5) is 0 Å². The summed E-state index contributed by atoms with van der Waals surface area (Å²) < 4.78 is 2.97. The molecule has 6 heteroatoms. The smallest absolute Gasteiger partial charge is 0.255 e. The fourth-order valence-electron chi connectivity index (χ4n) is 3.89. The first-order valence-corrected chi connectivity index (χ1v) is 10.9. The van der Waals surface area contributed by atoms with Gasteiger partial charge in [0.2, 0.25) is 0 Å². The molecule has 0 bridgehead atoms. The predicted molar refractivity (Wildman–Crippen MR) is 119 cm³/mol. The molecule has 4 aromatic rings. The lowest BCUT2D eigenvalue weighted by Gasteiger charge is -2.12. The molecule has 146 valence electrons. The maximum atomic E-state index is 12.8. The molecule has 0 amide bonds. The molecule has 0 aliphatic carbocycles. The number of hydrogen-bond acceptors (Lipinski definition) is 4. The number of fused-ring (bicyclic) bond motifs is 3. The Bertz CT molecular complexity index is 1240. The van der Waals surface area contributed by atoms with E-state index in [2.05, 4.69) is 28.5 Å². The van der Waals surface area contributed by atoms with Crippen molar-refractivity contribution in [1.82, 2.24) is 14.9 Å². The third-order valence-electron chi connectivity index (χ3n) is 5.42. The Hall–Kier alpha value is -2.47. The zero-order valence-electron chi connectivity index (χ0n) is 15.8. The first kappa shape index (κ1) is 18.6. The van der Waals surface area contributed by atoms with Gasteiger partial charge in [-0.05, 0) is 72.7 Å². The van der Waals surface area contributed by atoms with Crippen LogP contribution in [0.5, 0.6) is 0 Å². The van der Waals surface area contributed by atoms with Gasteiger partial charge in [0.25, 0.3) is 5.56 Å². The van der Waals surface area contributed by atoms with Crippen molar-refractivity contribution in [1.29, 1.82) is 0 Å². The minimum absolute atomic E-state index is 0.00565. The minimum atomic E-state index is -0.00565. The second-order valence-corrected chi connectivity index (χ2v) is 8.90. The monoisotopic (exact) mass is 421 g/mol. The molecule has 0 unspecified atom stereocenters. The lowest BCUT2D eigenvalue weighted by atomic mass is 10.0. The van der Waals surface area contributed by atoms with E-state index in [0.717, 1.165) is 49.3 Å². The highest BCUT2D eigenvalue weighted by Crippen LogP contribution is 2.34. The molecule has 0 saturated heterocycles. The Morgan fingerprint density at radius 1 is 1.14 bits per heavy atom. The predicted octanol–water partition coefficient (Wildman–Crippen LogP) is 4.53. The molecule has 4 nitrogen and oxygen atoms in total. The van der Waals surface area contributed by atoms with Gasteiger partial charge in [0.05, 0.1) is 10.7 Å². The Kier molecular flexibility index (Phi) is 4.96. The van der Waals surface area contributed by atoms with E-state index in [1.165, 1.54) is 20.5 Å². The van der Waals surface area contributed by atoms with Gasteiger partial charge in [0.1, 0.15) is 0 Å². The summed E-state index contributed by atoms with van der Waals surface area (Å²) >= 11 is 7.71. The summed E-state index contributed by atoms with van der Waals surface area (Å²) in [6, 6.07) is 13.9. The Morgan fingerprint density at radius 2 is 2.07 bits per heavy atom. The number of rotatable bonds is 4. The van der Waals surface area contributed by atoms with Gasteiger partial charge in [-0.1, -0.05) is 17.7 Å². The van der Waals surface area contributed by atoms with E-state index in [0.29, 0.717) is 5.02 Å². The van der Waals surface area contributed by atoms with Crippen molar-refractivity contribution in [2.45, 2.75) is 25.8 Å². The lowest BCUT2D eigenvalue weighted by molar-refractivity contribution is 0.657. The Labute approximate surface area is 177 Å². The fourth-order valence-corrected chi connectivity index (χ4v) is 5.25.